The maximum atomic E-state index is 11.9. The average molecular weight is 259 g/mol. The van der Waals surface area contributed by atoms with Crippen LogP contribution in [0.4, 0.5) is 0 Å². The number of hydrogen-bond donors (Lipinski definition) is 0. The lowest BCUT2D eigenvalue weighted by Gasteiger charge is -2.31. The van der Waals surface area contributed by atoms with Crippen molar-refractivity contribution in [1.29, 1.82) is 0 Å². The molecule has 4 unspecified atom stereocenters. The van der Waals surface area contributed by atoms with E-state index in [-0.39, 0.29) is 35.2 Å². The number of allylic oxidation sites excluding steroid dienone is 1. The molecule has 4 atom stereocenters. The second-order valence-electron chi connectivity index (χ2n) is 4.99. The van der Waals surface area contributed by atoms with E-state index in [1.54, 1.807) is 0 Å². The highest BCUT2D eigenvalue weighted by Crippen LogP contribution is 2.59. The van der Waals surface area contributed by atoms with Gasteiger partial charge in [0, 0.05) is 24.7 Å². The van der Waals surface area contributed by atoms with Crippen LogP contribution in [-0.4, -0.2) is 11.6 Å². The number of hydrogen-bond acceptors (Lipinski definition) is 2. The first-order chi connectivity index (χ1) is 7.61. The van der Waals surface area contributed by atoms with E-state index in [0.717, 1.165) is 18.4 Å². The second kappa shape index (κ2) is 3.58. The van der Waals surface area contributed by atoms with Crippen LogP contribution in [0.5, 0.6) is 0 Å². The Morgan fingerprint density at radius 1 is 0.938 bits per heavy atom. The summed E-state index contributed by atoms with van der Waals surface area (Å²) in [7, 11) is 0. The van der Waals surface area contributed by atoms with E-state index in [0.29, 0.717) is 17.3 Å². The summed E-state index contributed by atoms with van der Waals surface area (Å²) in [6.45, 7) is 0. The minimum Gasteiger partial charge on any atom is -0.299 e. The van der Waals surface area contributed by atoms with E-state index < -0.39 is 0 Å². The summed E-state index contributed by atoms with van der Waals surface area (Å²) >= 11 is 11.8. The molecule has 0 N–H and O–H groups in total. The Hall–Kier alpha value is -0.340. The van der Waals surface area contributed by atoms with Gasteiger partial charge >= 0.3 is 0 Å². The molecule has 4 heteroatoms. The van der Waals surface area contributed by atoms with Crippen LogP contribution in [0.15, 0.2) is 10.1 Å². The standard InChI is InChI=1S/C12H12Cl2O2/c13-12(14)9-5-1-2-6(9)11-8(16)4-3-7(15)10(5)11/h5-6,10-11H,1-4H2. The summed E-state index contributed by atoms with van der Waals surface area (Å²) in [6, 6.07) is 0. The minimum absolute atomic E-state index is 0.109. The fourth-order valence-electron chi connectivity index (χ4n) is 3.90. The number of carbonyl (C=O) groups is 2. The van der Waals surface area contributed by atoms with Gasteiger partial charge in [0.15, 0.2) is 0 Å². The van der Waals surface area contributed by atoms with Gasteiger partial charge in [-0.1, -0.05) is 23.2 Å². The average Bonchev–Trinajstić information content (AvgIpc) is 2.79. The normalized spacial score (nSPS) is 41.5. The molecule has 86 valence electrons. The fraction of sp³-hybridized carbons (Fsp3) is 0.667. The lowest BCUT2D eigenvalue weighted by Crippen LogP contribution is -2.39. The van der Waals surface area contributed by atoms with Crippen molar-refractivity contribution in [3.63, 3.8) is 0 Å². The second-order valence-corrected chi connectivity index (χ2v) is 5.94. The van der Waals surface area contributed by atoms with Crippen LogP contribution in [-0.2, 0) is 9.59 Å². The van der Waals surface area contributed by atoms with Crippen molar-refractivity contribution in [1.82, 2.24) is 0 Å². The van der Waals surface area contributed by atoms with Crippen molar-refractivity contribution >= 4 is 34.8 Å². The van der Waals surface area contributed by atoms with Crippen LogP contribution in [0.25, 0.3) is 0 Å². The monoisotopic (exact) mass is 258 g/mol. The summed E-state index contributed by atoms with van der Waals surface area (Å²) in [6.07, 6.45) is 2.75. The Morgan fingerprint density at radius 2 is 1.38 bits per heavy atom. The topological polar surface area (TPSA) is 34.1 Å². The fourth-order valence-corrected chi connectivity index (χ4v) is 4.46. The maximum Gasteiger partial charge on any atom is 0.137 e. The number of fused-ring (bicyclic) bond motifs is 5. The van der Waals surface area contributed by atoms with Gasteiger partial charge in [-0.05, 0) is 30.3 Å². The number of rotatable bonds is 0. The predicted molar refractivity (Wildman–Crippen MR) is 61.2 cm³/mol. The Morgan fingerprint density at radius 3 is 1.75 bits per heavy atom. The molecule has 3 aliphatic rings. The summed E-state index contributed by atoms with van der Waals surface area (Å²) in [4.78, 5) is 23.8. The lowest BCUT2D eigenvalue weighted by molar-refractivity contribution is -0.139. The van der Waals surface area contributed by atoms with Crippen molar-refractivity contribution in [3.8, 4) is 0 Å². The van der Waals surface area contributed by atoms with E-state index in [9.17, 15) is 9.59 Å². The van der Waals surface area contributed by atoms with Crippen LogP contribution in [0, 0.1) is 23.7 Å². The van der Waals surface area contributed by atoms with Gasteiger partial charge in [-0.3, -0.25) is 9.59 Å². The smallest absolute Gasteiger partial charge is 0.137 e. The van der Waals surface area contributed by atoms with Gasteiger partial charge in [-0.25, -0.2) is 0 Å². The molecule has 0 aromatic rings. The SMILES string of the molecule is O=C1CCC(=O)C2C3CCC(C3=C(Cl)Cl)C12. The molecule has 0 aliphatic heterocycles. The van der Waals surface area contributed by atoms with Gasteiger partial charge in [0.25, 0.3) is 0 Å². The molecular formula is C12H12Cl2O2. The maximum absolute atomic E-state index is 11.9. The Labute approximate surface area is 104 Å². The molecular weight excluding hydrogens is 247 g/mol. The molecule has 0 aromatic heterocycles. The molecule has 3 saturated carbocycles. The largest absolute Gasteiger partial charge is 0.299 e. The van der Waals surface area contributed by atoms with E-state index in [2.05, 4.69) is 0 Å². The van der Waals surface area contributed by atoms with Crippen molar-refractivity contribution in [2.24, 2.45) is 23.7 Å². The van der Waals surface area contributed by atoms with Gasteiger partial charge in [-0.2, -0.15) is 0 Å². The first-order valence-corrected chi connectivity index (χ1v) is 6.47. The Balaban J connectivity index is 2.08. The van der Waals surface area contributed by atoms with E-state index in [4.69, 9.17) is 23.2 Å². The molecule has 0 aromatic carbocycles. The third kappa shape index (κ3) is 1.26. The Kier molecular flexibility index (Phi) is 2.41. The first kappa shape index (κ1) is 10.8. The molecule has 16 heavy (non-hydrogen) atoms. The quantitative estimate of drug-likeness (QED) is 0.670. The highest BCUT2D eigenvalue weighted by Gasteiger charge is 2.58. The van der Waals surface area contributed by atoms with E-state index in [1.165, 1.54) is 0 Å². The zero-order valence-corrected chi connectivity index (χ0v) is 10.2. The van der Waals surface area contributed by atoms with Crippen LogP contribution >= 0.6 is 23.2 Å². The third-order valence-corrected chi connectivity index (χ3v) is 4.86. The molecule has 0 heterocycles. The third-order valence-electron chi connectivity index (χ3n) is 4.42. The van der Waals surface area contributed by atoms with Gasteiger partial charge in [0.2, 0.25) is 0 Å². The van der Waals surface area contributed by atoms with Gasteiger partial charge < -0.3 is 0 Å². The van der Waals surface area contributed by atoms with Gasteiger partial charge in [0.1, 0.15) is 16.1 Å². The molecule has 0 radical (unpaired) electrons. The molecule has 0 amide bonds. The summed E-state index contributed by atoms with van der Waals surface area (Å²) in [5.74, 6) is 0.561. The summed E-state index contributed by atoms with van der Waals surface area (Å²) < 4.78 is 0.294. The molecule has 3 rings (SSSR count). The zero-order valence-electron chi connectivity index (χ0n) is 8.71. The van der Waals surface area contributed by atoms with Crippen LogP contribution in [0.2, 0.25) is 0 Å². The molecule has 2 bridgehead atoms. The number of halogens is 2. The van der Waals surface area contributed by atoms with Crippen LogP contribution < -0.4 is 0 Å². The molecule has 0 spiro atoms. The number of carbonyl (C=O) groups excluding carboxylic acids is 2. The summed E-state index contributed by atoms with van der Waals surface area (Å²) in [5.41, 5.74) is 0.988. The molecule has 0 saturated heterocycles. The van der Waals surface area contributed by atoms with Crippen LogP contribution in [0.3, 0.4) is 0 Å². The minimum atomic E-state index is -0.109. The molecule has 2 nitrogen and oxygen atoms in total. The predicted octanol–water partition coefficient (Wildman–Crippen LogP) is 2.88. The van der Waals surface area contributed by atoms with Gasteiger partial charge in [-0.15, -0.1) is 0 Å². The van der Waals surface area contributed by atoms with Crippen molar-refractivity contribution in [3.05, 3.63) is 10.1 Å². The van der Waals surface area contributed by atoms with Gasteiger partial charge in [0.05, 0.1) is 0 Å². The highest BCUT2D eigenvalue weighted by molar-refractivity contribution is 6.56. The molecule has 3 fully saturated rings. The van der Waals surface area contributed by atoms with Crippen molar-refractivity contribution in [2.75, 3.05) is 0 Å². The Bertz CT molecular complexity index is 377. The van der Waals surface area contributed by atoms with E-state index in [1.807, 2.05) is 0 Å². The first-order valence-electron chi connectivity index (χ1n) is 5.71. The van der Waals surface area contributed by atoms with Crippen LogP contribution in [0.1, 0.15) is 25.7 Å². The van der Waals surface area contributed by atoms with E-state index >= 15 is 0 Å². The zero-order chi connectivity index (χ0) is 11.4. The number of ketones is 2. The lowest BCUT2D eigenvalue weighted by atomic mass is 9.69. The number of Topliss-reactive ketones (excluding diaryl/α,β-unsaturated/α-hetero) is 2. The summed E-state index contributed by atoms with van der Waals surface area (Å²) in [5, 5.41) is 0. The highest BCUT2D eigenvalue weighted by atomic mass is 35.5. The molecule has 3 aliphatic carbocycles. The van der Waals surface area contributed by atoms with Crippen molar-refractivity contribution < 1.29 is 9.59 Å². The van der Waals surface area contributed by atoms with Crippen molar-refractivity contribution in [2.45, 2.75) is 25.7 Å².